The normalized spacial score (nSPS) is 15.4. The fraction of sp³-hybridized carbons (Fsp3) is 0.550. The first-order valence-corrected chi connectivity index (χ1v) is 9.49. The van der Waals surface area contributed by atoms with Crippen LogP contribution in [0.3, 0.4) is 0 Å². The lowest BCUT2D eigenvalue weighted by atomic mass is 10.1. The van der Waals surface area contributed by atoms with Crippen LogP contribution < -0.4 is 15.1 Å². The van der Waals surface area contributed by atoms with Crippen LogP contribution in [0.5, 0.6) is 0 Å². The van der Waals surface area contributed by atoms with Gasteiger partial charge in [-0.25, -0.2) is 0 Å². The lowest BCUT2D eigenvalue weighted by molar-refractivity contribution is 0.746. The summed E-state index contributed by atoms with van der Waals surface area (Å²) in [6, 6.07) is 8.90. The molecule has 0 bridgehead atoms. The molecule has 1 saturated heterocycles. The summed E-state index contributed by atoms with van der Waals surface area (Å²) in [6.45, 7) is 8.66. The summed E-state index contributed by atoms with van der Waals surface area (Å²) in [5.41, 5.74) is 2.55. The molecule has 2 heterocycles. The molecule has 0 amide bonds. The molecule has 1 aliphatic heterocycles. The number of nitrogens with one attached hydrogen (secondary N) is 1. The van der Waals surface area contributed by atoms with E-state index in [1.54, 1.807) is 0 Å². The van der Waals surface area contributed by atoms with E-state index in [0.29, 0.717) is 11.9 Å². The van der Waals surface area contributed by atoms with E-state index < -0.39 is 0 Å². The number of aromatic nitrogens is 3. The number of hydrogen-bond acceptors (Lipinski definition) is 6. The Morgan fingerprint density at radius 1 is 1.04 bits per heavy atom. The summed E-state index contributed by atoms with van der Waals surface area (Å²) in [7, 11) is 3.90. The van der Waals surface area contributed by atoms with Crippen molar-refractivity contribution in [2.45, 2.75) is 45.6 Å². The molecule has 1 atom stereocenters. The molecule has 1 unspecified atom stereocenters. The molecule has 6 heteroatoms. The largest absolute Gasteiger partial charge is 0.372 e. The van der Waals surface area contributed by atoms with E-state index in [2.05, 4.69) is 70.2 Å². The van der Waals surface area contributed by atoms with Crippen LogP contribution in [0.25, 0.3) is 0 Å². The Morgan fingerprint density at radius 2 is 1.77 bits per heavy atom. The highest BCUT2D eigenvalue weighted by Gasteiger charge is 2.16. The predicted molar refractivity (Wildman–Crippen MR) is 108 cm³/mol. The Bertz CT molecular complexity index is 711. The number of rotatable bonds is 6. The smallest absolute Gasteiger partial charge is 0.229 e. The third-order valence-corrected chi connectivity index (χ3v) is 4.74. The third-order valence-electron chi connectivity index (χ3n) is 4.74. The SMILES string of the molecule is CC(C)c1nc(NC(C)c2cccc(N3CCCC3)c2)nc(N(C)C)n1. The maximum Gasteiger partial charge on any atom is 0.229 e. The zero-order valence-corrected chi connectivity index (χ0v) is 16.5. The van der Waals surface area contributed by atoms with E-state index in [0.717, 1.165) is 18.9 Å². The number of anilines is 3. The van der Waals surface area contributed by atoms with Gasteiger partial charge < -0.3 is 15.1 Å². The first-order valence-electron chi connectivity index (χ1n) is 9.49. The minimum atomic E-state index is 0.120. The van der Waals surface area contributed by atoms with Gasteiger partial charge in [-0.1, -0.05) is 26.0 Å². The van der Waals surface area contributed by atoms with Crippen molar-refractivity contribution in [1.82, 2.24) is 15.0 Å². The van der Waals surface area contributed by atoms with Crippen molar-refractivity contribution in [3.05, 3.63) is 35.7 Å². The summed E-state index contributed by atoms with van der Waals surface area (Å²) in [5, 5.41) is 3.46. The average molecular weight is 355 g/mol. The van der Waals surface area contributed by atoms with Crippen molar-refractivity contribution in [2.24, 2.45) is 0 Å². The van der Waals surface area contributed by atoms with Gasteiger partial charge >= 0.3 is 0 Å². The molecule has 0 spiro atoms. The molecule has 1 aliphatic rings. The molecule has 1 N–H and O–H groups in total. The lowest BCUT2D eigenvalue weighted by Gasteiger charge is -2.21. The van der Waals surface area contributed by atoms with Gasteiger partial charge in [0.1, 0.15) is 5.82 Å². The van der Waals surface area contributed by atoms with Gasteiger partial charge in [0.25, 0.3) is 0 Å². The van der Waals surface area contributed by atoms with Crippen LogP contribution in [-0.2, 0) is 0 Å². The molecule has 3 rings (SSSR count). The van der Waals surface area contributed by atoms with Crippen LogP contribution in [0.4, 0.5) is 17.6 Å². The minimum absolute atomic E-state index is 0.120. The van der Waals surface area contributed by atoms with Crippen LogP contribution in [-0.4, -0.2) is 42.1 Å². The lowest BCUT2D eigenvalue weighted by Crippen LogP contribution is -2.19. The molecule has 1 aromatic heterocycles. The summed E-state index contributed by atoms with van der Waals surface area (Å²) in [4.78, 5) is 18.1. The highest BCUT2D eigenvalue weighted by molar-refractivity contribution is 5.51. The van der Waals surface area contributed by atoms with Gasteiger partial charge in [0.2, 0.25) is 11.9 Å². The van der Waals surface area contributed by atoms with Gasteiger partial charge in [0.05, 0.1) is 6.04 Å². The summed E-state index contributed by atoms with van der Waals surface area (Å²) < 4.78 is 0. The van der Waals surface area contributed by atoms with E-state index in [9.17, 15) is 0 Å². The molecule has 140 valence electrons. The monoisotopic (exact) mass is 354 g/mol. The van der Waals surface area contributed by atoms with Crippen molar-refractivity contribution in [3.63, 3.8) is 0 Å². The van der Waals surface area contributed by atoms with Gasteiger partial charge in [0, 0.05) is 38.8 Å². The fourth-order valence-corrected chi connectivity index (χ4v) is 3.15. The van der Waals surface area contributed by atoms with E-state index >= 15 is 0 Å². The van der Waals surface area contributed by atoms with E-state index in [4.69, 9.17) is 0 Å². The Morgan fingerprint density at radius 3 is 2.42 bits per heavy atom. The topological polar surface area (TPSA) is 57.2 Å². The van der Waals surface area contributed by atoms with Crippen LogP contribution in [0.1, 0.15) is 57.0 Å². The Hall–Kier alpha value is -2.37. The molecular weight excluding hydrogens is 324 g/mol. The van der Waals surface area contributed by atoms with Crippen LogP contribution in [0.2, 0.25) is 0 Å². The third kappa shape index (κ3) is 4.23. The van der Waals surface area contributed by atoms with Crippen LogP contribution >= 0.6 is 0 Å². The predicted octanol–water partition coefficient (Wildman–Crippen LogP) is 3.83. The van der Waals surface area contributed by atoms with Gasteiger partial charge in [-0.3, -0.25) is 0 Å². The first-order chi connectivity index (χ1) is 12.4. The van der Waals surface area contributed by atoms with Crippen LogP contribution in [0, 0.1) is 0 Å². The van der Waals surface area contributed by atoms with Crippen molar-refractivity contribution in [3.8, 4) is 0 Å². The van der Waals surface area contributed by atoms with Crippen LogP contribution in [0.15, 0.2) is 24.3 Å². The second kappa shape index (κ2) is 7.89. The van der Waals surface area contributed by atoms with Gasteiger partial charge in [-0.15, -0.1) is 0 Å². The number of benzene rings is 1. The van der Waals surface area contributed by atoms with E-state index in [1.165, 1.54) is 24.1 Å². The molecule has 0 saturated carbocycles. The van der Waals surface area contributed by atoms with E-state index in [1.807, 2.05) is 19.0 Å². The maximum atomic E-state index is 4.61. The average Bonchev–Trinajstić information content (AvgIpc) is 3.16. The Kier molecular flexibility index (Phi) is 5.59. The first kappa shape index (κ1) is 18.4. The molecular formula is C20H30N6. The summed E-state index contributed by atoms with van der Waals surface area (Å²) in [6.07, 6.45) is 2.57. The summed E-state index contributed by atoms with van der Waals surface area (Å²) >= 11 is 0. The van der Waals surface area contributed by atoms with Gasteiger partial charge in [-0.2, -0.15) is 15.0 Å². The van der Waals surface area contributed by atoms with Crippen molar-refractivity contribution in [2.75, 3.05) is 42.3 Å². The number of nitrogens with zero attached hydrogens (tertiary/aromatic N) is 5. The minimum Gasteiger partial charge on any atom is -0.372 e. The van der Waals surface area contributed by atoms with Crippen molar-refractivity contribution < 1.29 is 0 Å². The second-order valence-corrected chi connectivity index (χ2v) is 7.52. The molecule has 6 nitrogen and oxygen atoms in total. The molecule has 0 radical (unpaired) electrons. The fourth-order valence-electron chi connectivity index (χ4n) is 3.15. The van der Waals surface area contributed by atoms with Gasteiger partial charge in [0.15, 0.2) is 0 Å². The summed E-state index contributed by atoms with van der Waals surface area (Å²) in [5.74, 6) is 2.38. The molecule has 2 aromatic rings. The zero-order chi connectivity index (χ0) is 18.7. The molecule has 1 fully saturated rings. The quantitative estimate of drug-likeness (QED) is 0.851. The zero-order valence-electron chi connectivity index (χ0n) is 16.5. The second-order valence-electron chi connectivity index (χ2n) is 7.52. The standard InChI is InChI=1S/C20H30N6/c1-14(2)18-22-19(24-20(23-18)25(4)5)21-15(3)16-9-8-10-17(13-16)26-11-6-7-12-26/h8-10,13-15H,6-7,11-12H2,1-5H3,(H,21,22,23,24). The number of hydrogen-bond donors (Lipinski definition) is 1. The van der Waals surface area contributed by atoms with Gasteiger partial charge in [-0.05, 0) is 37.5 Å². The van der Waals surface area contributed by atoms with E-state index in [-0.39, 0.29) is 12.0 Å². The van der Waals surface area contributed by atoms with Crippen molar-refractivity contribution in [1.29, 1.82) is 0 Å². The van der Waals surface area contributed by atoms with Crippen molar-refractivity contribution >= 4 is 17.6 Å². The molecule has 0 aliphatic carbocycles. The highest BCUT2D eigenvalue weighted by Crippen LogP contribution is 2.26. The highest BCUT2D eigenvalue weighted by atomic mass is 15.3. The Labute approximate surface area is 156 Å². The molecule has 26 heavy (non-hydrogen) atoms. The molecule has 1 aromatic carbocycles. The maximum absolute atomic E-state index is 4.61. The Balaban J connectivity index is 1.81.